The van der Waals surface area contributed by atoms with Crippen LogP contribution in [0.3, 0.4) is 0 Å². The lowest BCUT2D eigenvalue weighted by Crippen LogP contribution is -2.48. The van der Waals surface area contributed by atoms with Gasteiger partial charge >= 0.3 is 0 Å². The van der Waals surface area contributed by atoms with Gasteiger partial charge in [0.05, 0.1) is 0 Å². The Hall–Kier alpha value is -3.96. The number of rotatable bonds is 8. The van der Waals surface area contributed by atoms with Gasteiger partial charge in [-0.2, -0.15) is 4.80 Å². The first-order chi connectivity index (χ1) is 20.0. The van der Waals surface area contributed by atoms with Crippen molar-refractivity contribution in [1.29, 1.82) is 0 Å². The van der Waals surface area contributed by atoms with Gasteiger partial charge in [-0.25, -0.2) is 0 Å². The van der Waals surface area contributed by atoms with Gasteiger partial charge in [0.1, 0.15) is 25.8 Å². The summed E-state index contributed by atoms with van der Waals surface area (Å²) in [7, 11) is 0. The van der Waals surface area contributed by atoms with Crippen molar-refractivity contribution in [3.8, 4) is 22.9 Å². The molecule has 3 heterocycles. The Bertz CT molecular complexity index is 1500. The van der Waals surface area contributed by atoms with E-state index in [0.29, 0.717) is 41.2 Å². The largest absolute Gasteiger partial charge is 0.486 e. The lowest BCUT2D eigenvalue weighted by molar-refractivity contribution is -0.127. The Balaban J connectivity index is 1.34. The maximum atomic E-state index is 14.1. The van der Waals surface area contributed by atoms with E-state index in [1.165, 1.54) is 27.5 Å². The van der Waals surface area contributed by atoms with E-state index in [9.17, 15) is 9.59 Å². The van der Waals surface area contributed by atoms with E-state index >= 15 is 0 Å². The predicted octanol–water partition coefficient (Wildman–Crippen LogP) is 5.05. The molecule has 1 N–H and O–H groups in total. The van der Waals surface area contributed by atoms with Crippen LogP contribution < -0.4 is 19.7 Å². The molecule has 0 bridgehead atoms. The van der Waals surface area contributed by atoms with Gasteiger partial charge in [0, 0.05) is 33.3 Å². The highest BCUT2D eigenvalue weighted by Crippen LogP contribution is 2.38. The van der Waals surface area contributed by atoms with Crippen LogP contribution in [0.25, 0.3) is 11.4 Å². The topological polar surface area (TPSA) is 111 Å². The monoisotopic (exact) mass is 592 g/mol. The van der Waals surface area contributed by atoms with Crippen molar-refractivity contribution >= 4 is 40.4 Å². The molecular weight excluding hydrogens is 564 g/mol. The summed E-state index contributed by atoms with van der Waals surface area (Å²) in [5.74, 6) is 0.880. The Labute approximate surface area is 246 Å². The number of thiophene rings is 1. The van der Waals surface area contributed by atoms with E-state index in [1.54, 1.807) is 42.5 Å². The molecule has 6 rings (SSSR count). The van der Waals surface area contributed by atoms with Crippen LogP contribution in [0.2, 0.25) is 5.02 Å². The fourth-order valence-electron chi connectivity index (χ4n) is 5.19. The highest BCUT2D eigenvalue weighted by molar-refractivity contribution is 7.10. The van der Waals surface area contributed by atoms with Crippen LogP contribution in [0.15, 0.2) is 60.0 Å². The molecule has 212 valence electrons. The minimum absolute atomic E-state index is 0.0786. The summed E-state index contributed by atoms with van der Waals surface area (Å²) in [6.45, 7) is 0.620. The molecule has 1 fully saturated rings. The van der Waals surface area contributed by atoms with E-state index in [1.807, 2.05) is 17.5 Å². The first-order valence-corrected chi connectivity index (χ1v) is 14.9. The van der Waals surface area contributed by atoms with Crippen LogP contribution in [0, 0.1) is 0 Å². The van der Waals surface area contributed by atoms with Gasteiger partial charge in [0.25, 0.3) is 5.91 Å². The maximum absolute atomic E-state index is 14.1. The molecule has 2 aromatic heterocycles. The average molecular weight is 593 g/mol. The molecule has 1 aliphatic carbocycles. The summed E-state index contributed by atoms with van der Waals surface area (Å²) in [4.78, 5) is 31.6. The molecule has 0 saturated heterocycles. The number of hydrogen-bond donors (Lipinski definition) is 1. The van der Waals surface area contributed by atoms with Crippen LogP contribution in [0.1, 0.15) is 43.0 Å². The van der Waals surface area contributed by atoms with Crippen LogP contribution >= 0.6 is 22.9 Å². The van der Waals surface area contributed by atoms with Crippen molar-refractivity contribution < 1.29 is 19.1 Å². The molecule has 4 aromatic rings. The molecule has 1 saturated carbocycles. The smallest absolute Gasteiger partial charge is 0.251 e. The fourth-order valence-corrected chi connectivity index (χ4v) is 6.13. The molecule has 2 aliphatic rings. The third-order valence-electron chi connectivity index (χ3n) is 7.18. The Morgan fingerprint density at radius 3 is 2.59 bits per heavy atom. The summed E-state index contributed by atoms with van der Waals surface area (Å²) >= 11 is 7.44. The highest BCUT2D eigenvalue weighted by Gasteiger charge is 2.36. The summed E-state index contributed by atoms with van der Waals surface area (Å²) in [6.07, 6.45) is 5.18. The molecule has 0 unspecified atom stereocenters. The first-order valence-electron chi connectivity index (χ1n) is 13.6. The molecule has 10 nitrogen and oxygen atoms in total. The summed E-state index contributed by atoms with van der Waals surface area (Å²) in [6, 6.07) is 15.3. The lowest BCUT2D eigenvalue weighted by atomic mass is 9.95. The second-order valence-electron chi connectivity index (χ2n) is 10.0. The van der Waals surface area contributed by atoms with Crippen molar-refractivity contribution in [3.63, 3.8) is 0 Å². The molecular formula is C29H29ClN6O4S. The van der Waals surface area contributed by atoms with Gasteiger partial charge in [-0.3, -0.25) is 14.5 Å². The third-order valence-corrected chi connectivity index (χ3v) is 8.35. The lowest BCUT2D eigenvalue weighted by Gasteiger charge is -2.33. The second-order valence-corrected chi connectivity index (χ2v) is 11.4. The molecule has 0 radical (unpaired) electrons. The van der Waals surface area contributed by atoms with Crippen LogP contribution in [0.4, 0.5) is 5.69 Å². The van der Waals surface area contributed by atoms with Crippen LogP contribution in [-0.4, -0.2) is 51.3 Å². The third kappa shape index (κ3) is 6.20. The van der Waals surface area contributed by atoms with Gasteiger partial charge in [0.15, 0.2) is 11.5 Å². The Morgan fingerprint density at radius 2 is 1.83 bits per heavy atom. The van der Waals surface area contributed by atoms with Crippen molar-refractivity contribution in [2.24, 2.45) is 0 Å². The summed E-state index contributed by atoms with van der Waals surface area (Å²) in [5.41, 5.74) is 1.23. The number of fused-ring (bicyclic) bond motifs is 1. The number of aromatic nitrogens is 4. The minimum Gasteiger partial charge on any atom is -0.486 e. The average Bonchev–Trinajstić information content (AvgIpc) is 3.69. The molecule has 0 spiro atoms. The number of halogens is 1. The number of amides is 2. The van der Waals surface area contributed by atoms with E-state index in [2.05, 4.69) is 20.7 Å². The number of ether oxygens (including phenoxy) is 2. The summed E-state index contributed by atoms with van der Waals surface area (Å²) < 4.78 is 11.5. The van der Waals surface area contributed by atoms with Gasteiger partial charge in [-0.05, 0) is 65.9 Å². The molecule has 1 atom stereocenters. The van der Waals surface area contributed by atoms with Gasteiger partial charge in [-0.1, -0.05) is 36.9 Å². The number of nitrogens with one attached hydrogen (secondary N) is 1. The number of anilines is 1. The number of carbonyl (C=O) groups excluding carboxylic acids is 2. The molecule has 12 heteroatoms. The normalized spacial score (nSPS) is 15.7. The highest BCUT2D eigenvalue weighted by atomic mass is 35.5. The number of hydrogen-bond acceptors (Lipinski definition) is 8. The molecule has 1 aliphatic heterocycles. The van der Waals surface area contributed by atoms with Crippen molar-refractivity contribution in [2.45, 2.75) is 50.7 Å². The second kappa shape index (κ2) is 12.3. The molecule has 41 heavy (non-hydrogen) atoms. The van der Waals surface area contributed by atoms with Gasteiger partial charge in [0.2, 0.25) is 11.7 Å². The van der Waals surface area contributed by atoms with Gasteiger partial charge < -0.3 is 14.8 Å². The molecule has 2 amide bonds. The van der Waals surface area contributed by atoms with Crippen LogP contribution in [-0.2, 0) is 16.1 Å². The number of nitrogens with zero attached hydrogens (tertiary/aromatic N) is 5. The zero-order valence-electron chi connectivity index (χ0n) is 22.2. The number of tetrazole rings is 1. The van der Waals surface area contributed by atoms with Crippen molar-refractivity contribution in [1.82, 2.24) is 25.5 Å². The van der Waals surface area contributed by atoms with Crippen LogP contribution in [0.5, 0.6) is 11.5 Å². The van der Waals surface area contributed by atoms with Crippen molar-refractivity contribution in [3.05, 3.63) is 69.9 Å². The van der Waals surface area contributed by atoms with E-state index in [-0.39, 0.29) is 24.4 Å². The first kappa shape index (κ1) is 27.2. The van der Waals surface area contributed by atoms with Gasteiger partial charge in [-0.15, -0.1) is 21.5 Å². The summed E-state index contributed by atoms with van der Waals surface area (Å²) in [5, 5.41) is 18.4. The molecule has 2 aromatic carbocycles. The Morgan fingerprint density at radius 1 is 1.05 bits per heavy atom. The van der Waals surface area contributed by atoms with E-state index < -0.39 is 6.04 Å². The quantitative estimate of drug-likeness (QED) is 0.305. The van der Waals surface area contributed by atoms with E-state index in [0.717, 1.165) is 36.1 Å². The minimum atomic E-state index is -0.897. The predicted molar refractivity (Wildman–Crippen MR) is 155 cm³/mol. The zero-order valence-corrected chi connectivity index (χ0v) is 23.8. The SMILES string of the molecule is O=C(NC1CCCCC1)[C@H](c1cccs1)N(C(=O)Cn1nnc(-c2ccc(Cl)cc2)n1)c1ccc2c(c1)OCCO2. The van der Waals surface area contributed by atoms with E-state index in [4.69, 9.17) is 21.1 Å². The maximum Gasteiger partial charge on any atom is 0.251 e. The fraction of sp³-hybridized carbons (Fsp3) is 0.345. The van der Waals surface area contributed by atoms with Crippen molar-refractivity contribution in [2.75, 3.05) is 18.1 Å². The zero-order chi connectivity index (χ0) is 28.2. The standard InChI is InChI=1S/C29H29ClN6O4S/c30-20-10-8-19(9-11-20)28-32-34-35(33-28)18-26(37)36(22-12-13-23-24(17-22)40-15-14-39-23)27(25-7-4-16-41-25)29(38)31-21-5-2-1-3-6-21/h4,7-13,16-17,21,27H,1-3,5-6,14-15,18H2,(H,31,38)/t27-/m0/s1. The Kier molecular flexibility index (Phi) is 8.15. The number of benzene rings is 2. The number of carbonyl (C=O) groups is 2.